The zero-order chi connectivity index (χ0) is 19.6. The number of likely N-dealkylation sites (tertiary alicyclic amines) is 1. The van der Waals surface area contributed by atoms with Gasteiger partial charge in [-0.15, -0.1) is 0 Å². The highest BCUT2D eigenvalue weighted by atomic mass is 19.1. The molecule has 5 heteroatoms. The summed E-state index contributed by atoms with van der Waals surface area (Å²) in [6.07, 6.45) is 1.55. The van der Waals surface area contributed by atoms with Crippen LogP contribution in [0.15, 0.2) is 42.5 Å². The fraction of sp³-hybridized carbons (Fsp3) is 0.364. The van der Waals surface area contributed by atoms with Crippen molar-refractivity contribution in [2.75, 3.05) is 25.0 Å². The minimum absolute atomic E-state index is 0.0246. The highest BCUT2D eigenvalue weighted by molar-refractivity contribution is 5.97. The Bertz CT molecular complexity index is 828. The molecule has 0 saturated carbocycles. The highest BCUT2D eigenvalue weighted by Crippen LogP contribution is 2.24. The molecular weight excluding hydrogens is 343 g/mol. The molecule has 2 aromatic rings. The van der Waals surface area contributed by atoms with E-state index in [9.17, 15) is 14.0 Å². The van der Waals surface area contributed by atoms with E-state index in [1.165, 1.54) is 24.3 Å². The van der Waals surface area contributed by atoms with E-state index in [0.717, 1.165) is 29.7 Å². The Hall–Kier alpha value is -2.69. The van der Waals surface area contributed by atoms with Gasteiger partial charge in [-0.05, 0) is 74.2 Å². The molecule has 0 aliphatic carbocycles. The van der Waals surface area contributed by atoms with Crippen molar-refractivity contribution >= 4 is 17.5 Å². The van der Waals surface area contributed by atoms with E-state index in [1.54, 1.807) is 16.8 Å². The van der Waals surface area contributed by atoms with Crippen molar-refractivity contribution in [3.05, 3.63) is 65.0 Å². The Morgan fingerprint density at radius 1 is 1.07 bits per heavy atom. The molecule has 1 aliphatic heterocycles. The molecule has 2 aromatic carbocycles. The predicted octanol–water partition coefficient (Wildman–Crippen LogP) is 3.96. The number of nitrogens with zero attached hydrogens (tertiary/aromatic N) is 2. The molecule has 142 valence electrons. The number of halogens is 1. The van der Waals surface area contributed by atoms with E-state index in [4.69, 9.17) is 0 Å². The van der Waals surface area contributed by atoms with Crippen LogP contribution >= 0.6 is 0 Å². The number of carbonyl (C=O) groups is 2. The lowest BCUT2D eigenvalue weighted by atomic mass is 9.95. The fourth-order valence-corrected chi connectivity index (χ4v) is 3.68. The zero-order valence-corrected chi connectivity index (χ0v) is 16.0. The van der Waals surface area contributed by atoms with Crippen molar-refractivity contribution < 1.29 is 14.0 Å². The number of anilines is 1. The van der Waals surface area contributed by atoms with Crippen LogP contribution in [0.3, 0.4) is 0 Å². The number of hydrogen-bond acceptors (Lipinski definition) is 2. The number of hydrogen-bond donors (Lipinski definition) is 0. The molecule has 1 saturated heterocycles. The molecule has 2 amide bonds. The summed E-state index contributed by atoms with van der Waals surface area (Å²) < 4.78 is 13.1. The third-order valence-electron chi connectivity index (χ3n) is 5.07. The van der Waals surface area contributed by atoms with Crippen LogP contribution in [-0.4, -0.2) is 36.9 Å². The first kappa shape index (κ1) is 19.1. The van der Waals surface area contributed by atoms with Gasteiger partial charge in [0.25, 0.3) is 5.91 Å². The molecule has 1 heterocycles. The molecule has 1 unspecified atom stereocenters. The normalized spacial score (nSPS) is 16.9. The van der Waals surface area contributed by atoms with Gasteiger partial charge in [-0.25, -0.2) is 4.39 Å². The number of aryl methyl sites for hydroxylation is 2. The van der Waals surface area contributed by atoms with Crippen LogP contribution in [-0.2, 0) is 4.79 Å². The molecule has 3 rings (SSSR count). The van der Waals surface area contributed by atoms with Crippen LogP contribution in [0.1, 0.15) is 34.3 Å². The van der Waals surface area contributed by atoms with Crippen molar-refractivity contribution in [1.29, 1.82) is 0 Å². The fourth-order valence-electron chi connectivity index (χ4n) is 3.68. The average Bonchev–Trinajstić information content (AvgIpc) is 2.66. The first-order valence-electron chi connectivity index (χ1n) is 9.26. The van der Waals surface area contributed by atoms with Gasteiger partial charge < -0.3 is 9.80 Å². The van der Waals surface area contributed by atoms with E-state index in [0.29, 0.717) is 18.7 Å². The third kappa shape index (κ3) is 4.35. The second kappa shape index (κ2) is 7.91. The lowest BCUT2D eigenvalue weighted by Gasteiger charge is -2.34. The standard InChI is InChI=1S/C22H25FN2O2/c1-15-11-16(2)13-20(12-15)24(3)21(26)18-5-4-10-25(14-18)22(27)17-6-8-19(23)9-7-17/h6-9,11-13,18H,4-5,10,14H2,1-3H3. The SMILES string of the molecule is Cc1cc(C)cc(N(C)C(=O)C2CCCN(C(=O)c3ccc(F)cc3)C2)c1. The van der Waals surface area contributed by atoms with Crippen LogP contribution in [0.25, 0.3) is 0 Å². The van der Waals surface area contributed by atoms with Crippen LogP contribution in [0.2, 0.25) is 0 Å². The maximum atomic E-state index is 13.1. The first-order chi connectivity index (χ1) is 12.8. The summed E-state index contributed by atoms with van der Waals surface area (Å²) in [5.74, 6) is -0.722. The highest BCUT2D eigenvalue weighted by Gasteiger charge is 2.31. The van der Waals surface area contributed by atoms with Gasteiger partial charge in [0, 0.05) is 31.4 Å². The lowest BCUT2D eigenvalue weighted by molar-refractivity contribution is -0.123. The van der Waals surface area contributed by atoms with Crippen LogP contribution in [0.5, 0.6) is 0 Å². The molecular formula is C22H25FN2O2. The molecule has 4 nitrogen and oxygen atoms in total. The molecule has 1 atom stereocenters. The molecule has 0 radical (unpaired) electrons. The molecule has 0 bridgehead atoms. The van der Waals surface area contributed by atoms with Crippen molar-refractivity contribution in [2.45, 2.75) is 26.7 Å². The Morgan fingerprint density at radius 3 is 2.33 bits per heavy atom. The van der Waals surface area contributed by atoms with Crippen molar-refractivity contribution in [3.63, 3.8) is 0 Å². The van der Waals surface area contributed by atoms with Gasteiger partial charge in [0.05, 0.1) is 5.92 Å². The van der Waals surface area contributed by atoms with Gasteiger partial charge in [0.2, 0.25) is 5.91 Å². The summed E-state index contributed by atoms with van der Waals surface area (Å²) >= 11 is 0. The summed E-state index contributed by atoms with van der Waals surface area (Å²) in [6, 6.07) is 11.6. The van der Waals surface area contributed by atoms with E-state index in [-0.39, 0.29) is 23.5 Å². The number of amides is 2. The number of benzene rings is 2. The largest absolute Gasteiger partial charge is 0.338 e. The number of rotatable bonds is 3. The lowest BCUT2D eigenvalue weighted by Crippen LogP contribution is -2.46. The Kier molecular flexibility index (Phi) is 5.59. The van der Waals surface area contributed by atoms with Gasteiger partial charge in [-0.2, -0.15) is 0 Å². The van der Waals surface area contributed by atoms with Crippen molar-refractivity contribution in [2.24, 2.45) is 5.92 Å². The topological polar surface area (TPSA) is 40.6 Å². The first-order valence-corrected chi connectivity index (χ1v) is 9.26. The monoisotopic (exact) mass is 368 g/mol. The van der Waals surface area contributed by atoms with Crippen LogP contribution in [0.4, 0.5) is 10.1 Å². The predicted molar refractivity (Wildman–Crippen MR) is 104 cm³/mol. The summed E-state index contributed by atoms with van der Waals surface area (Å²) in [6.45, 7) is 5.04. The summed E-state index contributed by atoms with van der Waals surface area (Å²) in [7, 11) is 1.79. The summed E-state index contributed by atoms with van der Waals surface area (Å²) in [4.78, 5) is 29.1. The zero-order valence-electron chi connectivity index (χ0n) is 16.0. The van der Waals surface area contributed by atoms with Gasteiger partial charge in [0.1, 0.15) is 5.82 Å². The van der Waals surface area contributed by atoms with Crippen LogP contribution < -0.4 is 4.90 Å². The number of piperidine rings is 1. The van der Waals surface area contributed by atoms with Gasteiger partial charge in [0.15, 0.2) is 0 Å². The molecule has 27 heavy (non-hydrogen) atoms. The van der Waals surface area contributed by atoms with Gasteiger partial charge in [-0.3, -0.25) is 9.59 Å². The summed E-state index contributed by atoms with van der Waals surface area (Å²) in [5, 5.41) is 0. The van der Waals surface area contributed by atoms with Crippen molar-refractivity contribution in [3.8, 4) is 0 Å². The van der Waals surface area contributed by atoms with E-state index in [1.807, 2.05) is 26.0 Å². The minimum Gasteiger partial charge on any atom is -0.338 e. The Balaban J connectivity index is 1.72. The Labute approximate surface area is 159 Å². The maximum absolute atomic E-state index is 13.1. The second-order valence-electron chi connectivity index (χ2n) is 7.34. The Morgan fingerprint density at radius 2 is 1.70 bits per heavy atom. The maximum Gasteiger partial charge on any atom is 0.253 e. The molecule has 0 spiro atoms. The van der Waals surface area contributed by atoms with E-state index < -0.39 is 0 Å². The van der Waals surface area contributed by atoms with Gasteiger partial charge >= 0.3 is 0 Å². The quantitative estimate of drug-likeness (QED) is 0.823. The molecule has 1 aliphatic rings. The second-order valence-corrected chi connectivity index (χ2v) is 7.34. The minimum atomic E-state index is -0.367. The average molecular weight is 368 g/mol. The third-order valence-corrected chi connectivity index (χ3v) is 5.07. The van der Waals surface area contributed by atoms with E-state index in [2.05, 4.69) is 6.07 Å². The molecule has 0 aromatic heterocycles. The molecule has 0 N–H and O–H groups in total. The van der Waals surface area contributed by atoms with E-state index >= 15 is 0 Å². The molecule has 1 fully saturated rings. The van der Waals surface area contributed by atoms with Crippen molar-refractivity contribution in [1.82, 2.24) is 4.90 Å². The van der Waals surface area contributed by atoms with Crippen LogP contribution in [0, 0.1) is 25.6 Å². The number of carbonyl (C=O) groups excluding carboxylic acids is 2. The summed E-state index contributed by atoms with van der Waals surface area (Å²) in [5.41, 5.74) is 3.55. The van der Waals surface area contributed by atoms with Gasteiger partial charge in [-0.1, -0.05) is 6.07 Å². The smallest absolute Gasteiger partial charge is 0.253 e.